The molecule has 100 valence electrons. The first-order valence-electron chi connectivity index (χ1n) is 7.31. The standard InChI is InChI=1S/C14H28N2O/c1-2-11-3-4-14(15)13(7-11)9-16-6-5-12(8-16)10-17/h11-14,17H,2-10,15H2,1H3. The van der Waals surface area contributed by atoms with E-state index in [4.69, 9.17) is 5.73 Å². The van der Waals surface area contributed by atoms with Crippen LogP contribution in [-0.4, -0.2) is 42.3 Å². The fourth-order valence-electron chi connectivity index (χ4n) is 3.52. The van der Waals surface area contributed by atoms with Gasteiger partial charge in [-0.2, -0.15) is 0 Å². The number of hydrogen-bond donors (Lipinski definition) is 2. The van der Waals surface area contributed by atoms with Gasteiger partial charge in [-0.05, 0) is 50.0 Å². The maximum atomic E-state index is 9.17. The molecule has 0 bridgehead atoms. The van der Waals surface area contributed by atoms with Crippen molar-refractivity contribution in [3.63, 3.8) is 0 Å². The molecule has 3 heteroatoms. The van der Waals surface area contributed by atoms with E-state index < -0.39 is 0 Å². The van der Waals surface area contributed by atoms with E-state index in [1.807, 2.05) is 0 Å². The quantitative estimate of drug-likeness (QED) is 0.782. The van der Waals surface area contributed by atoms with Crippen molar-refractivity contribution in [1.82, 2.24) is 4.90 Å². The Morgan fingerprint density at radius 2 is 2.06 bits per heavy atom. The van der Waals surface area contributed by atoms with Gasteiger partial charge in [-0.1, -0.05) is 13.3 Å². The van der Waals surface area contributed by atoms with Crippen molar-refractivity contribution < 1.29 is 5.11 Å². The average molecular weight is 240 g/mol. The number of aliphatic hydroxyl groups excluding tert-OH is 1. The highest BCUT2D eigenvalue weighted by atomic mass is 16.3. The summed E-state index contributed by atoms with van der Waals surface area (Å²) in [4.78, 5) is 2.52. The lowest BCUT2D eigenvalue weighted by Gasteiger charge is -2.36. The minimum Gasteiger partial charge on any atom is -0.396 e. The highest BCUT2D eigenvalue weighted by Crippen LogP contribution is 2.31. The topological polar surface area (TPSA) is 49.5 Å². The van der Waals surface area contributed by atoms with Crippen LogP contribution in [0.5, 0.6) is 0 Å². The van der Waals surface area contributed by atoms with Crippen LogP contribution in [0.3, 0.4) is 0 Å². The highest BCUT2D eigenvalue weighted by Gasteiger charge is 2.31. The van der Waals surface area contributed by atoms with Crippen LogP contribution < -0.4 is 5.73 Å². The molecule has 1 saturated carbocycles. The zero-order valence-electron chi connectivity index (χ0n) is 11.1. The summed E-state index contributed by atoms with van der Waals surface area (Å²) in [7, 11) is 0. The summed E-state index contributed by atoms with van der Waals surface area (Å²) in [5, 5.41) is 9.17. The summed E-state index contributed by atoms with van der Waals surface area (Å²) in [5.74, 6) is 2.10. The number of nitrogens with zero attached hydrogens (tertiary/aromatic N) is 1. The molecule has 0 radical (unpaired) electrons. The second-order valence-electron chi connectivity index (χ2n) is 6.11. The van der Waals surface area contributed by atoms with Gasteiger partial charge in [0.1, 0.15) is 0 Å². The highest BCUT2D eigenvalue weighted by molar-refractivity contribution is 4.86. The Morgan fingerprint density at radius 3 is 2.71 bits per heavy atom. The number of rotatable bonds is 4. The van der Waals surface area contributed by atoms with Crippen LogP contribution in [0.1, 0.15) is 39.0 Å². The number of nitrogens with two attached hydrogens (primary N) is 1. The van der Waals surface area contributed by atoms with Crippen molar-refractivity contribution in [2.75, 3.05) is 26.2 Å². The van der Waals surface area contributed by atoms with Gasteiger partial charge in [-0.25, -0.2) is 0 Å². The zero-order chi connectivity index (χ0) is 12.3. The Kier molecular flexibility index (Phi) is 4.83. The molecular weight excluding hydrogens is 212 g/mol. The minimum absolute atomic E-state index is 0.352. The summed E-state index contributed by atoms with van der Waals surface area (Å²) in [6.45, 7) is 6.05. The molecule has 0 aromatic carbocycles. The van der Waals surface area contributed by atoms with E-state index in [0.29, 0.717) is 24.5 Å². The summed E-state index contributed by atoms with van der Waals surface area (Å²) in [5.41, 5.74) is 6.27. The molecule has 1 aliphatic carbocycles. The SMILES string of the molecule is CCC1CCC(N)C(CN2CCC(CO)C2)C1. The lowest BCUT2D eigenvalue weighted by atomic mass is 9.77. The third kappa shape index (κ3) is 3.43. The fourth-order valence-corrected chi connectivity index (χ4v) is 3.52. The molecule has 3 N–H and O–H groups in total. The summed E-state index contributed by atoms with van der Waals surface area (Å²) >= 11 is 0. The Bertz CT molecular complexity index is 234. The van der Waals surface area contributed by atoms with Gasteiger partial charge in [-0.15, -0.1) is 0 Å². The Labute approximate surface area is 105 Å². The van der Waals surface area contributed by atoms with Crippen molar-refractivity contribution in [2.24, 2.45) is 23.5 Å². The van der Waals surface area contributed by atoms with Gasteiger partial charge in [-0.3, -0.25) is 0 Å². The van der Waals surface area contributed by atoms with Gasteiger partial charge >= 0.3 is 0 Å². The lowest BCUT2D eigenvalue weighted by molar-refractivity contribution is 0.161. The van der Waals surface area contributed by atoms with E-state index in [9.17, 15) is 5.11 Å². The predicted molar refractivity (Wildman–Crippen MR) is 70.7 cm³/mol. The molecule has 0 aromatic rings. The Hall–Kier alpha value is -0.120. The Balaban J connectivity index is 1.80. The molecule has 4 unspecified atom stereocenters. The van der Waals surface area contributed by atoms with E-state index in [2.05, 4.69) is 11.8 Å². The van der Waals surface area contributed by atoms with Crippen molar-refractivity contribution in [1.29, 1.82) is 0 Å². The number of likely N-dealkylation sites (tertiary alicyclic amines) is 1. The third-order valence-electron chi connectivity index (χ3n) is 4.85. The van der Waals surface area contributed by atoms with E-state index in [1.54, 1.807) is 0 Å². The number of aliphatic hydroxyl groups is 1. The maximum Gasteiger partial charge on any atom is 0.0471 e. The average Bonchev–Trinajstić information content (AvgIpc) is 2.80. The molecule has 0 spiro atoms. The van der Waals surface area contributed by atoms with Crippen molar-refractivity contribution in [2.45, 2.75) is 45.1 Å². The van der Waals surface area contributed by atoms with Crippen LogP contribution in [-0.2, 0) is 0 Å². The van der Waals surface area contributed by atoms with Crippen LogP contribution in [0.4, 0.5) is 0 Å². The van der Waals surface area contributed by atoms with Gasteiger partial charge in [0.15, 0.2) is 0 Å². The second kappa shape index (κ2) is 6.17. The largest absolute Gasteiger partial charge is 0.396 e. The maximum absolute atomic E-state index is 9.17. The zero-order valence-corrected chi connectivity index (χ0v) is 11.1. The second-order valence-corrected chi connectivity index (χ2v) is 6.11. The molecule has 4 atom stereocenters. The van der Waals surface area contributed by atoms with E-state index in [-0.39, 0.29) is 0 Å². The third-order valence-corrected chi connectivity index (χ3v) is 4.85. The van der Waals surface area contributed by atoms with Crippen molar-refractivity contribution >= 4 is 0 Å². The van der Waals surface area contributed by atoms with Gasteiger partial charge < -0.3 is 15.7 Å². The summed E-state index contributed by atoms with van der Waals surface area (Å²) in [6.07, 6.45) is 6.32. The van der Waals surface area contributed by atoms with Gasteiger partial charge in [0, 0.05) is 25.7 Å². The predicted octanol–water partition coefficient (Wildman–Crippen LogP) is 1.45. The van der Waals surface area contributed by atoms with Crippen molar-refractivity contribution in [3.05, 3.63) is 0 Å². The molecule has 2 fully saturated rings. The minimum atomic E-state index is 0.352. The lowest BCUT2D eigenvalue weighted by Crippen LogP contribution is -2.42. The van der Waals surface area contributed by atoms with Crippen LogP contribution in [0.15, 0.2) is 0 Å². The molecule has 0 aromatic heterocycles. The first-order chi connectivity index (χ1) is 8.22. The molecule has 1 heterocycles. The number of hydrogen-bond acceptors (Lipinski definition) is 3. The molecular formula is C14H28N2O. The molecule has 2 aliphatic rings. The smallest absolute Gasteiger partial charge is 0.0471 e. The molecule has 1 aliphatic heterocycles. The van der Waals surface area contributed by atoms with Crippen LogP contribution in [0.2, 0.25) is 0 Å². The van der Waals surface area contributed by atoms with E-state index in [1.165, 1.54) is 25.7 Å². The Morgan fingerprint density at radius 1 is 1.24 bits per heavy atom. The molecule has 3 nitrogen and oxygen atoms in total. The van der Waals surface area contributed by atoms with Gasteiger partial charge in [0.05, 0.1) is 0 Å². The first-order valence-corrected chi connectivity index (χ1v) is 7.31. The van der Waals surface area contributed by atoms with Gasteiger partial charge in [0.25, 0.3) is 0 Å². The normalized spacial score (nSPS) is 39.7. The summed E-state index contributed by atoms with van der Waals surface area (Å²) < 4.78 is 0. The van der Waals surface area contributed by atoms with Gasteiger partial charge in [0.2, 0.25) is 0 Å². The summed E-state index contributed by atoms with van der Waals surface area (Å²) in [6, 6.07) is 0.408. The monoisotopic (exact) mass is 240 g/mol. The molecule has 1 saturated heterocycles. The first kappa shape index (κ1) is 13.3. The molecule has 2 rings (SSSR count). The van der Waals surface area contributed by atoms with Crippen LogP contribution >= 0.6 is 0 Å². The molecule has 17 heavy (non-hydrogen) atoms. The van der Waals surface area contributed by atoms with E-state index in [0.717, 1.165) is 32.0 Å². The van der Waals surface area contributed by atoms with E-state index >= 15 is 0 Å². The van der Waals surface area contributed by atoms with Crippen LogP contribution in [0, 0.1) is 17.8 Å². The molecule has 0 amide bonds. The van der Waals surface area contributed by atoms with Crippen LogP contribution in [0.25, 0.3) is 0 Å². The fraction of sp³-hybridized carbons (Fsp3) is 1.00. The van der Waals surface area contributed by atoms with Crippen molar-refractivity contribution in [3.8, 4) is 0 Å².